The first-order valence-electron chi connectivity index (χ1n) is 6.43. The largest absolute Gasteiger partial charge is 0.480 e. The highest BCUT2D eigenvalue weighted by atomic mass is 16.5. The summed E-state index contributed by atoms with van der Waals surface area (Å²) in [6.07, 6.45) is -0.0987. The summed E-state index contributed by atoms with van der Waals surface area (Å²) >= 11 is 0. The summed E-state index contributed by atoms with van der Waals surface area (Å²) in [6, 6.07) is 0.688. The van der Waals surface area contributed by atoms with Crippen molar-refractivity contribution < 1.29 is 24.2 Å². The minimum absolute atomic E-state index is 0.0230. The number of aromatic nitrogens is 2. The van der Waals surface area contributed by atoms with Crippen molar-refractivity contribution in [3.8, 4) is 0 Å². The van der Waals surface area contributed by atoms with Crippen LogP contribution in [0.25, 0.3) is 0 Å². The van der Waals surface area contributed by atoms with Crippen molar-refractivity contribution in [2.75, 3.05) is 7.11 Å². The van der Waals surface area contributed by atoms with Gasteiger partial charge in [-0.2, -0.15) is 5.10 Å². The van der Waals surface area contributed by atoms with E-state index in [1.54, 1.807) is 13.8 Å². The van der Waals surface area contributed by atoms with Gasteiger partial charge in [-0.1, -0.05) is 0 Å². The summed E-state index contributed by atoms with van der Waals surface area (Å²) in [5.74, 6) is -2.19. The Bertz CT molecular complexity index is 538. The molecule has 2 N–H and O–H groups in total. The number of methoxy groups -OCH3 is 1. The van der Waals surface area contributed by atoms with E-state index in [4.69, 9.17) is 5.11 Å². The zero-order valence-electron chi connectivity index (χ0n) is 12.3. The van der Waals surface area contributed by atoms with Gasteiger partial charge in [-0.3, -0.25) is 14.3 Å². The number of esters is 1. The van der Waals surface area contributed by atoms with Crippen LogP contribution in [0.3, 0.4) is 0 Å². The molecule has 1 heterocycles. The van der Waals surface area contributed by atoms with Gasteiger partial charge in [0.1, 0.15) is 12.6 Å². The second-order valence-electron chi connectivity index (χ2n) is 4.66. The molecule has 0 aromatic carbocycles. The summed E-state index contributed by atoms with van der Waals surface area (Å²) in [5.41, 5.74) is 1.59. The third kappa shape index (κ3) is 5.25. The Morgan fingerprint density at radius 3 is 2.57 bits per heavy atom. The molecule has 1 amide bonds. The van der Waals surface area contributed by atoms with Crippen LogP contribution in [0.5, 0.6) is 0 Å². The average Bonchev–Trinajstić information content (AvgIpc) is 2.71. The molecule has 0 spiro atoms. The lowest BCUT2D eigenvalue weighted by atomic mass is 10.1. The monoisotopic (exact) mass is 297 g/mol. The lowest BCUT2D eigenvalue weighted by molar-refractivity contribution is -0.144. The van der Waals surface area contributed by atoms with Crippen molar-refractivity contribution in [2.45, 2.75) is 39.3 Å². The fourth-order valence-electron chi connectivity index (χ4n) is 1.83. The molecule has 0 saturated heterocycles. The zero-order chi connectivity index (χ0) is 16.0. The van der Waals surface area contributed by atoms with Crippen molar-refractivity contribution in [1.29, 1.82) is 0 Å². The summed E-state index contributed by atoms with van der Waals surface area (Å²) in [6.45, 7) is 3.54. The Morgan fingerprint density at radius 2 is 2.10 bits per heavy atom. The standard InChI is InChI=1S/C13H19N3O5/c1-8-6-9(2)16(15-8)7-11(17)14-10(13(19)20)4-5-12(18)21-3/h6,10H,4-5,7H2,1-3H3,(H,14,17)(H,19,20)/t10-/m1/s1. The average molecular weight is 297 g/mol. The highest BCUT2D eigenvalue weighted by Gasteiger charge is 2.21. The van der Waals surface area contributed by atoms with Crippen molar-refractivity contribution in [3.05, 3.63) is 17.5 Å². The number of rotatable bonds is 7. The van der Waals surface area contributed by atoms with Gasteiger partial charge in [-0.15, -0.1) is 0 Å². The van der Waals surface area contributed by atoms with E-state index in [0.717, 1.165) is 11.4 Å². The molecular weight excluding hydrogens is 278 g/mol. The van der Waals surface area contributed by atoms with E-state index in [1.807, 2.05) is 6.07 Å². The summed E-state index contributed by atoms with van der Waals surface area (Å²) in [7, 11) is 1.22. The first-order valence-corrected chi connectivity index (χ1v) is 6.43. The molecule has 8 heteroatoms. The molecule has 0 bridgehead atoms. The highest BCUT2D eigenvalue weighted by Crippen LogP contribution is 2.03. The molecule has 0 aliphatic rings. The molecule has 0 fully saturated rings. The smallest absolute Gasteiger partial charge is 0.326 e. The van der Waals surface area contributed by atoms with Crippen molar-refractivity contribution >= 4 is 17.8 Å². The maximum absolute atomic E-state index is 11.9. The number of amides is 1. The number of carbonyl (C=O) groups excluding carboxylic acids is 2. The van der Waals surface area contributed by atoms with Crippen molar-refractivity contribution in [3.63, 3.8) is 0 Å². The number of aryl methyl sites for hydroxylation is 2. The van der Waals surface area contributed by atoms with Gasteiger partial charge in [0.15, 0.2) is 0 Å². The number of nitrogens with one attached hydrogen (secondary N) is 1. The fraction of sp³-hybridized carbons (Fsp3) is 0.538. The number of carbonyl (C=O) groups is 3. The van der Waals surface area contributed by atoms with E-state index < -0.39 is 23.9 Å². The third-order valence-electron chi connectivity index (χ3n) is 2.89. The number of nitrogens with zero attached hydrogens (tertiary/aromatic N) is 2. The first kappa shape index (κ1) is 16.7. The molecule has 1 aromatic heterocycles. The van der Waals surface area contributed by atoms with E-state index in [9.17, 15) is 14.4 Å². The Morgan fingerprint density at radius 1 is 1.43 bits per heavy atom. The van der Waals surface area contributed by atoms with Crippen LogP contribution >= 0.6 is 0 Å². The van der Waals surface area contributed by atoms with E-state index in [2.05, 4.69) is 15.2 Å². The topological polar surface area (TPSA) is 111 Å². The first-order chi connectivity index (χ1) is 9.83. The zero-order valence-corrected chi connectivity index (χ0v) is 12.3. The summed E-state index contributed by atoms with van der Waals surface area (Å²) < 4.78 is 5.93. The molecule has 1 atom stereocenters. The SMILES string of the molecule is COC(=O)CC[C@@H](NC(=O)Cn1nc(C)cc1C)C(=O)O. The van der Waals surface area contributed by atoms with Crippen LogP contribution in [-0.2, 0) is 25.7 Å². The maximum atomic E-state index is 11.9. The summed E-state index contributed by atoms with van der Waals surface area (Å²) in [4.78, 5) is 33.9. The van der Waals surface area contributed by atoms with Gasteiger partial charge >= 0.3 is 11.9 Å². The van der Waals surface area contributed by atoms with Crippen molar-refractivity contribution in [2.24, 2.45) is 0 Å². The van der Waals surface area contributed by atoms with E-state index in [0.29, 0.717) is 0 Å². The van der Waals surface area contributed by atoms with Gasteiger partial charge < -0.3 is 15.2 Å². The Labute approximate surface area is 122 Å². The molecule has 1 rings (SSSR count). The maximum Gasteiger partial charge on any atom is 0.326 e. The van der Waals surface area contributed by atoms with Gasteiger partial charge in [0.25, 0.3) is 0 Å². The number of hydrogen-bond acceptors (Lipinski definition) is 5. The molecule has 0 unspecified atom stereocenters. The van der Waals surface area contributed by atoms with Gasteiger partial charge in [-0.05, 0) is 26.3 Å². The van der Waals surface area contributed by atoms with Gasteiger partial charge in [-0.25, -0.2) is 4.79 Å². The van der Waals surface area contributed by atoms with Crippen LogP contribution in [0.15, 0.2) is 6.07 Å². The molecule has 21 heavy (non-hydrogen) atoms. The van der Waals surface area contributed by atoms with E-state index in [-0.39, 0.29) is 19.4 Å². The number of carboxylic acids is 1. The predicted molar refractivity (Wildman–Crippen MR) is 72.5 cm³/mol. The van der Waals surface area contributed by atoms with E-state index in [1.165, 1.54) is 11.8 Å². The van der Waals surface area contributed by atoms with Crippen LogP contribution in [0.4, 0.5) is 0 Å². The third-order valence-corrected chi connectivity index (χ3v) is 2.89. The second kappa shape index (κ2) is 7.41. The number of hydrogen-bond donors (Lipinski definition) is 2. The second-order valence-corrected chi connectivity index (χ2v) is 4.66. The van der Waals surface area contributed by atoms with Crippen LogP contribution in [0.1, 0.15) is 24.2 Å². The van der Waals surface area contributed by atoms with E-state index >= 15 is 0 Å². The normalized spacial score (nSPS) is 11.8. The highest BCUT2D eigenvalue weighted by molar-refractivity contribution is 5.83. The molecule has 8 nitrogen and oxygen atoms in total. The fourth-order valence-corrected chi connectivity index (χ4v) is 1.83. The molecule has 0 aliphatic carbocycles. The van der Waals surface area contributed by atoms with Crippen LogP contribution < -0.4 is 5.32 Å². The molecule has 0 aliphatic heterocycles. The minimum Gasteiger partial charge on any atom is -0.480 e. The summed E-state index contributed by atoms with van der Waals surface area (Å²) in [5, 5.41) is 15.5. The lowest BCUT2D eigenvalue weighted by Gasteiger charge is -2.14. The predicted octanol–water partition coefficient (Wildman–Crippen LogP) is 0.0225. The molecule has 116 valence electrons. The number of carboxylic acid groups (broad SMARTS) is 1. The number of ether oxygens (including phenoxy) is 1. The Balaban J connectivity index is 2.58. The van der Waals surface area contributed by atoms with Gasteiger partial charge in [0.2, 0.25) is 5.91 Å². The van der Waals surface area contributed by atoms with Crippen LogP contribution in [-0.4, -0.2) is 45.9 Å². The molecule has 1 aromatic rings. The van der Waals surface area contributed by atoms with Crippen LogP contribution in [0.2, 0.25) is 0 Å². The van der Waals surface area contributed by atoms with Crippen molar-refractivity contribution in [1.82, 2.24) is 15.1 Å². The van der Waals surface area contributed by atoms with Gasteiger partial charge in [0, 0.05) is 12.1 Å². The Hall–Kier alpha value is -2.38. The Kier molecular flexibility index (Phi) is 5.89. The minimum atomic E-state index is -1.19. The lowest BCUT2D eigenvalue weighted by Crippen LogP contribution is -2.42. The molecule has 0 radical (unpaired) electrons. The molecule has 0 saturated carbocycles. The number of aliphatic carboxylic acids is 1. The van der Waals surface area contributed by atoms with Crippen LogP contribution in [0, 0.1) is 13.8 Å². The quantitative estimate of drug-likeness (QED) is 0.687. The van der Waals surface area contributed by atoms with Gasteiger partial charge in [0.05, 0.1) is 12.8 Å². The molecular formula is C13H19N3O5.